The van der Waals surface area contributed by atoms with E-state index < -0.39 is 17.4 Å². The van der Waals surface area contributed by atoms with Gasteiger partial charge in [0.1, 0.15) is 6.04 Å². The number of fused-ring (bicyclic) bond motifs is 3. The average molecular weight is 669 g/mol. The van der Waals surface area contributed by atoms with E-state index in [4.69, 9.17) is 20.9 Å². The van der Waals surface area contributed by atoms with Crippen LogP contribution in [0.25, 0.3) is 0 Å². The summed E-state index contributed by atoms with van der Waals surface area (Å²) in [6.07, 6.45) is 7.79. The number of nitrogens with two attached hydrogens (primary N) is 2. The number of tetrazole rings is 1. The van der Waals surface area contributed by atoms with Gasteiger partial charge in [-0.15, -0.1) is 5.10 Å². The Balaban J connectivity index is 1.44. The molecule has 0 aromatic carbocycles. The molecule has 12 atom stereocenters. The molecule has 4 fully saturated rings. The Labute approximate surface area is 288 Å². The van der Waals surface area contributed by atoms with Gasteiger partial charge in [0.05, 0.1) is 31.8 Å². The predicted molar refractivity (Wildman–Crippen MR) is 187 cm³/mol. The van der Waals surface area contributed by atoms with Crippen LogP contribution < -0.4 is 11.5 Å². The number of aliphatic carboxylic acids is 1. The maximum atomic E-state index is 13.4. The quantitative estimate of drug-likeness (QED) is 0.275. The van der Waals surface area contributed by atoms with Gasteiger partial charge in [0.15, 0.2) is 0 Å². The molecule has 3 saturated carbocycles. The van der Waals surface area contributed by atoms with Gasteiger partial charge in [-0.1, -0.05) is 86.0 Å². The van der Waals surface area contributed by atoms with Crippen molar-refractivity contribution in [2.75, 3.05) is 25.6 Å². The average Bonchev–Trinajstić information content (AvgIpc) is 3.41. The van der Waals surface area contributed by atoms with Crippen LogP contribution in [-0.2, 0) is 14.3 Å². The van der Waals surface area contributed by atoms with E-state index in [2.05, 4.69) is 97.6 Å². The van der Waals surface area contributed by atoms with E-state index >= 15 is 0 Å². The molecule has 270 valence electrons. The molecule has 2 heterocycles. The minimum atomic E-state index is -0.634. The van der Waals surface area contributed by atoms with Crippen molar-refractivity contribution in [3.05, 3.63) is 11.6 Å². The van der Waals surface area contributed by atoms with Crippen LogP contribution in [0.2, 0.25) is 0 Å². The van der Waals surface area contributed by atoms with E-state index in [-0.39, 0.29) is 56.5 Å². The lowest BCUT2D eigenvalue weighted by Gasteiger charge is -2.71. The molecule has 0 radical (unpaired) electrons. The number of anilines is 1. The number of nitrogens with zero attached hydrogens (tertiary/aromatic N) is 4. The van der Waals surface area contributed by atoms with Crippen LogP contribution >= 0.6 is 0 Å². The predicted octanol–water partition coefficient (Wildman–Crippen LogP) is 6.53. The summed E-state index contributed by atoms with van der Waals surface area (Å²) in [7, 11) is 0. The number of hydrogen-bond acceptors (Lipinski definition) is 8. The summed E-state index contributed by atoms with van der Waals surface area (Å²) in [6.45, 7) is 26.3. The number of aromatic nitrogens is 4. The first-order valence-corrected chi connectivity index (χ1v) is 18.6. The molecule has 1 aliphatic heterocycles. The van der Waals surface area contributed by atoms with Crippen molar-refractivity contribution in [2.24, 2.45) is 67.8 Å². The Morgan fingerprint density at radius 3 is 2.38 bits per heavy atom. The monoisotopic (exact) mass is 668 g/mol. The summed E-state index contributed by atoms with van der Waals surface area (Å²) >= 11 is 0. The minimum absolute atomic E-state index is 0.153. The van der Waals surface area contributed by atoms with Gasteiger partial charge in [0, 0.05) is 16.4 Å². The highest BCUT2D eigenvalue weighted by atomic mass is 16.5. The van der Waals surface area contributed by atoms with E-state index in [1.54, 1.807) is 4.80 Å². The first-order valence-electron chi connectivity index (χ1n) is 18.6. The third-order valence-corrected chi connectivity index (χ3v) is 16.1. The Morgan fingerprint density at radius 1 is 1.10 bits per heavy atom. The number of rotatable bonds is 7. The van der Waals surface area contributed by atoms with Crippen molar-refractivity contribution >= 4 is 11.9 Å². The van der Waals surface area contributed by atoms with Crippen LogP contribution in [0, 0.1) is 62.1 Å². The molecule has 1 aromatic rings. The SMILES string of the molecule is CC(C)[C@@H](C)[C@@]1(C)CC[C@]2(C)[C@H]3CC[C@@H]4[C@@]5(COC[C@]4(C)[C@@H](OC[C@@](C)(N)C(C)(C)C)[C@H](n4nnc(N)n4)C5)C3=CC[C@@]2(C)[C@@H]1C(=O)O. The molecular weight excluding hydrogens is 604 g/mol. The first-order chi connectivity index (χ1) is 22.1. The highest BCUT2D eigenvalue weighted by molar-refractivity contribution is 5.73. The third-order valence-electron chi connectivity index (χ3n) is 16.1. The number of hydrogen-bond donors (Lipinski definition) is 3. The molecule has 1 aromatic heterocycles. The largest absolute Gasteiger partial charge is 0.481 e. The zero-order valence-corrected chi connectivity index (χ0v) is 31.6. The molecule has 5 aliphatic rings. The fraction of sp³-hybridized carbons (Fsp3) is 0.895. The van der Waals surface area contributed by atoms with E-state index in [0.717, 1.165) is 38.5 Å². The number of carboxylic acid groups (broad SMARTS) is 1. The standard InChI is InChI=1S/C38H64N6O4/c1-22(2)23(3)33(7)16-17-35(9)24-12-13-27-34(8)19-47-21-38(27,25(24)14-15-36(35,10)28(33)30(45)46)18-26(44-42-31(39)41-43-44)29(34)48-20-37(11,40)32(4,5)6/h14,22-24,26-29H,12-13,15-21,40H2,1-11H3,(H2,39,42)(H,45,46)/t23-,24+,26-,27+,28-,29+,33-,34+,35-,36+,37-,38+/m1/s1. The molecule has 4 aliphatic carbocycles. The first kappa shape index (κ1) is 35.8. The van der Waals surface area contributed by atoms with Crippen LogP contribution in [0.4, 0.5) is 5.95 Å². The number of carboxylic acids is 1. The van der Waals surface area contributed by atoms with Crippen molar-refractivity contribution < 1.29 is 19.4 Å². The topological polar surface area (TPSA) is 151 Å². The second-order valence-electron chi connectivity index (χ2n) is 19.5. The van der Waals surface area contributed by atoms with Crippen LogP contribution in [0.3, 0.4) is 0 Å². The molecular formula is C38H64N6O4. The van der Waals surface area contributed by atoms with Gasteiger partial charge in [0.25, 0.3) is 5.95 Å². The molecule has 48 heavy (non-hydrogen) atoms. The second kappa shape index (κ2) is 11.2. The molecule has 5 N–H and O–H groups in total. The highest BCUT2D eigenvalue weighted by Crippen LogP contribution is 2.75. The van der Waals surface area contributed by atoms with Crippen LogP contribution in [-0.4, -0.2) is 62.7 Å². The van der Waals surface area contributed by atoms with Crippen LogP contribution in [0.5, 0.6) is 0 Å². The third kappa shape index (κ3) is 4.80. The second-order valence-corrected chi connectivity index (χ2v) is 19.5. The van der Waals surface area contributed by atoms with Crippen LogP contribution in [0.1, 0.15) is 121 Å². The van der Waals surface area contributed by atoms with Crippen molar-refractivity contribution in [3.63, 3.8) is 0 Å². The lowest BCUT2D eigenvalue weighted by Crippen LogP contribution is -2.69. The summed E-state index contributed by atoms with van der Waals surface area (Å²) in [6, 6.07) is -0.204. The highest BCUT2D eigenvalue weighted by Gasteiger charge is 2.72. The zero-order chi connectivity index (χ0) is 35.5. The zero-order valence-electron chi connectivity index (χ0n) is 31.6. The summed E-state index contributed by atoms with van der Waals surface area (Å²) in [5, 5.41) is 24.2. The van der Waals surface area contributed by atoms with E-state index in [9.17, 15) is 9.90 Å². The van der Waals surface area contributed by atoms with E-state index in [0.29, 0.717) is 37.6 Å². The normalized spacial score (nSPS) is 44.5. The van der Waals surface area contributed by atoms with Gasteiger partial charge in [0.2, 0.25) is 0 Å². The molecule has 6 rings (SSSR count). The van der Waals surface area contributed by atoms with Crippen molar-refractivity contribution in [2.45, 2.75) is 132 Å². The minimum Gasteiger partial charge on any atom is -0.481 e. The molecule has 2 bridgehead atoms. The molecule has 10 nitrogen and oxygen atoms in total. The molecule has 0 spiro atoms. The van der Waals surface area contributed by atoms with Gasteiger partial charge < -0.3 is 26.0 Å². The van der Waals surface area contributed by atoms with Gasteiger partial charge in [-0.3, -0.25) is 4.79 Å². The van der Waals surface area contributed by atoms with Crippen LogP contribution in [0.15, 0.2) is 11.6 Å². The van der Waals surface area contributed by atoms with Gasteiger partial charge in [-0.05, 0) is 96.0 Å². The molecule has 10 heteroatoms. The van der Waals surface area contributed by atoms with Gasteiger partial charge in [-0.2, -0.15) is 4.80 Å². The molecule has 1 saturated heterocycles. The lowest BCUT2D eigenvalue weighted by atomic mass is 9.34. The fourth-order valence-corrected chi connectivity index (χ4v) is 12.0. The summed E-state index contributed by atoms with van der Waals surface area (Å²) < 4.78 is 13.7. The fourth-order valence-electron chi connectivity index (χ4n) is 12.0. The van der Waals surface area contributed by atoms with E-state index in [1.165, 1.54) is 5.57 Å². The molecule has 0 amide bonds. The van der Waals surface area contributed by atoms with Crippen molar-refractivity contribution in [3.8, 4) is 0 Å². The van der Waals surface area contributed by atoms with Gasteiger partial charge >= 0.3 is 5.97 Å². The Morgan fingerprint density at radius 2 is 1.79 bits per heavy atom. The van der Waals surface area contributed by atoms with Gasteiger partial charge in [-0.25, -0.2) is 0 Å². The summed E-state index contributed by atoms with van der Waals surface area (Å²) in [4.78, 5) is 15.1. The van der Waals surface area contributed by atoms with E-state index in [1.807, 2.05) is 0 Å². The Bertz CT molecular complexity index is 1450. The number of carbonyl (C=O) groups is 1. The smallest absolute Gasteiger partial charge is 0.307 e. The maximum absolute atomic E-state index is 13.4. The summed E-state index contributed by atoms with van der Waals surface area (Å²) in [5.41, 5.74) is 12.3. The van der Waals surface area contributed by atoms with Crippen molar-refractivity contribution in [1.29, 1.82) is 0 Å². The maximum Gasteiger partial charge on any atom is 0.307 e. The number of nitrogen functional groups attached to an aromatic ring is 1. The van der Waals surface area contributed by atoms with Crippen molar-refractivity contribution in [1.82, 2.24) is 20.2 Å². The molecule has 0 unspecified atom stereocenters. The summed E-state index contributed by atoms with van der Waals surface area (Å²) in [5.74, 6) is 0.430. The lowest BCUT2D eigenvalue weighted by molar-refractivity contribution is -0.254. The number of allylic oxidation sites excluding steroid dienone is 1. The Kier molecular flexibility index (Phi) is 8.37. The Hall–Kier alpha value is -2.04. The number of ether oxygens (including phenoxy) is 2.